The summed E-state index contributed by atoms with van der Waals surface area (Å²) in [5, 5.41) is 13.7. The molecular formula is C53H73F4NO12S. The van der Waals surface area contributed by atoms with Crippen LogP contribution in [-0.4, -0.2) is 94.5 Å². The molecule has 1 amide bonds. The molecule has 18 heteroatoms. The summed E-state index contributed by atoms with van der Waals surface area (Å²) in [5.41, 5.74) is -5.72. The van der Waals surface area contributed by atoms with Gasteiger partial charge in [-0.2, -0.15) is 21.6 Å². The van der Waals surface area contributed by atoms with E-state index in [1.54, 1.807) is 24.3 Å². The van der Waals surface area contributed by atoms with Crippen molar-refractivity contribution in [1.82, 2.24) is 0 Å². The van der Waals surface area contributed by atoms with Gasteiger partial charge in [-0.15, -0.1) is 0 Å². The molecule has 1 saturated heterocycles. The lowest BCUT2D eigenvalue weighted by Gasteiger charge is -2.54. The van der Waals surface area contributed by atoms with Crippen LogP contribution in [0.25, 0.3) is 0 Å². The molecule has 2 fully saturated rings. The molecule has 2 unspecified atom stereocenters. The number of nitrogens with zero attached hydrogens (tertiary/aromatic N) is 1. The standard InChI is InChI=1S/C53H73F4NO12S/c1-7-12-31-64-46-47(65-32-13-8-2)49(67-34-15-10-4)52(61,50(68-35-16-11-5)48(46)66-33-14-9-3)39-21-17-38(18-22-39)45-43(29-30-44(69-36(6)59)37-19-23-40(54)24-20-37)51(60)58(45)41-25-27-42(28-26-41)70-71(62,63)53(55,56)57/h17-28,43-50,61H,7-16,29-35H2,1-6H3/t43-,44+,45-,46?,47-,48+,49+,50-,52?/m1/s1. The van der Waals surface area contributed by atoms with Gasteiger partial charge in [-0.1, -0.05) is 103 Å². The maximum absolute atomic E-state index is 14.3. The highest BCUT2D eigenvalue weighted by molar-refractivity contribution is 7.88. The topological polar surface area (TPSA) is 156 Å². The van der Waals surface area contributed by atoms with Crippen molar-refractivity contribution in [2.24, 2.45) is 5.92 Å². The van der Waals surface area contributed by atoms with E-state index in [2.05, 4.69) is 38.8 Å². The Labute approximate surface area is 416 Å². The van der Waals surface area contributed by atoms with E-state index in [4.69, 9.17) is 28.4 Å². The molecular weight excluding hydrogens is 951 g/mol. The van der Waals surface area contributed by atoms with E-state index < -0.39 is 87.3 Å². The molecule has 9 atom stereocenters. The quantitative estimate of drug-likeness (QED) is 0.0169. The summed E-state index contributed by atoms with van der Waals surface area (Å²) in [6.45, 7) is 13.4. The Hall–Kier alpha value is -4.17. The molecule has 3 aromatic rings. The largest absolute Gasteiger partial charge is 0.534 e. The van der Waals surface area contributed by atoms with Crippen molar-refractivity contribution in [1.29, 1.82) is 0 Å². The van der Waals surface area contributed by atoms with Crippen LogP contribution in [0.15, 0.2) is 72.8 Å². The van der Waals surface area contributed by atoms with E-state index in [0.29, 0.717) is 62.6 Å². The zero-order chi connectivity index (χ0) is 51.8. The summed E-state index contributed by atoms with van der Waals surface area (Å²) >= 11 is 0. The minimum Gasteiger partial charge on any atom is -0.458 e. The Morgan fingerprint density at radius 1 is 0.690 bits per heavy atom. The molecule has 1 N–H and O–H groups in total. The molecule has 1 aliphatic carbocycles. The first-order valence-electron chi connectivity index (χ1n) is 25.2. The Balaban J connectivity index is 1.62. The minimum absolute atomic E-state index is 0.166. The summed E-state index contributed by atoms with van der Waals surface area (Å²) in [6, 6.07) is 16.5. The smallest absolute Gasteiger partial charge is 0.458 e. The molecule has 1 aliphatic heterocycles. The summed E-state index contributed by atoms with van der Waals surface area (Å²) in [6.07, 6.45) is 3.41. The number of anilines is 1. The molecule has 1 heterocycles. The van der Waals surface area contributed by atoms with Crippen LogP contribution in [0.4, 0.5) is 23.2 Å². The van der Waals surface area contributed by atoms with Gasteiger partial charge >= 0.3 is 21.6 Å². The fourth-order valence-electron chi connectivity index (χ4n) is 9.11. The minimum atomic E-state index is -5.96. The van der Waals surface area contributed by atoms with E-state index in [1.807, 2.05) is 0 Å². The van der Waals surface area contributed by atoms with Gasteiger partial charge in [0.1, 0.15) is 53.8 Å². The Morgan fingerprint density at radius 2 is 1.15 bits per heavy atom. The van der Waals surface area contributed by atoms with Crippen LogP contribution in [0.3, 0.4) is 0 Å². The second-order valence-electron chi connectivity index (χ2n) is 18.3. The number of carbonyl (C=O) groups is 2. The van der Waals surface area contributed by atoms with Crippen molar-refractivity contribution in [2.75, 3.05) is 37.9 Å². The number of esters is 1. The number of rotatable bonds is 30. The van der Waals surface area contributed by atoms with Crippen LogP contribution in [-0.2, 0) is 53.7 Å². The average Bonchev–Trinajstić information content (AvgIpc) is 3.33. The first kappa shape index (κ1) is 57.7. The molecule has 13 nitrogen and oxygen atoms in total. The number of amides is 1. The van der Waals surface area contributed by atoms with Crippen molar-refractivity contribution in [3.05, 3.63) is 95.3 Å². The van der Waals surface area contributed by atoms with Crippen molar-refractivity contribution in [3.63, 3.8) is 0 Å². The van der Waals surface area contributed by atoms with Crippen LogP contribution >= 0.6 is 0 Å². The molecule has 0 radical (unpaired) electrons. The van der Waals surface area contributed by atoms with Crippen LogP contribution in [0.2, 0.25) is 0 Å². The van der Waals surface area contributed by atoms with Gasteiger partial charge < -0.3 is 42.6 Å². The number of benzene rings is 3. The van der Waals surface area contributed by atoms with Crippen LogP contribution in [0, 0.1) is 11.7 Å². The van der Waals surface area contributed by atoms with Gasteiger partial charge in [0.15, 0.2) is 0 Å². The monoisotopic (exact) mass is 1020 g/mol. The molecule has 0 aromatic heterocycles. The molecule has 3 aromatic carbocycles. The highest BCUT2D eigenvalue weighted by Gasteiger charge is 2.63. The lowest BCUT2D eigenvalue weighted by atomic mass is 9.70. The van der Waals surface area contributed by atoms with E-state index >= 15 is 0 Å². The number of unbranched alkanes of at least 4 members (excludes halogenated alkanes) is 5. The second-order valence-corrected chi connectivity index (χ2v) is 19.8. The van der Waals surface area contributed by atoms with Crippen molar-refractivity contribution >= 4 is 27.7 Å². The Kier molecular flexibility index (Phi) is 22.1. The summed E-state index contributed by atoms with van der Waals surface area (Å²) in [5.74, 6) is -2.77. The SMILES string of the molecule is CCCCOC1[C@@H](OCCCC)[C@H](OCCCC)C(O)(c2ccc([C@@H]3[C@@H](CC[C@H](OC(C)=O)c4ccc(F)cc4)C(=O)N3c3ccc(OS(=O)(=O)C(F)(F)F)cc3)cc2)[C@H](OCCCC)[C@H]1OCCCC. The third-order valence-corrected chi connectivity index (χ3v) is 13.9. The van der Waals surface area contributed by atoms with Gasteiger partial charge in [-0.25, -0.2) is 4.39 Å². The molecule has 71 heavy (non-hydrogen) atoms. The van der Waals surface area contributed by atoms with Gasteiger partial charge in [-0.05, 0) is 98.0 Å². The van der Waals surface area contributed by atoms with Gasteiger partial charge in [0.25, 0.3) is 0 Å². The first-order valence-corrected chi connectivity index (χ1v) is 26.6. The van der Waals surface area contributed by atoms with E-state index in [1.165, 1.54) is 48.2 Å². The zero-order valence-electron chi connectivity index (χ0n) is 41.9. The predicted molar refractivity (Wildman–Crippen MR) is 259 cm³/mol. The van der Waals surface area contributed by atoms with Gasteiger partial charge in [0, 0.05) is 45.6 Å². The Bertz CT molecular complexity index is 2160. The zero-order valence-corrected chi connectivity index (χ0v) is 42.7. The summed E-state index contributed by atoms with van der Waals surface area (Å²) in [7, 11) is -5.96. The lowest BCUT2D eigenvalue weighted by molar-refractivity contribution is -0.314. The van der Waals surface area contributed by atoms with Crippen molar-refractivity contribution in [3.8, 4) is 5.75 Å². The van der Waals surface area contributed by atoms with E-state index in [0.717, 1.165) is 63.5 Å². The normalized spacial score (nSPS) is 24.1. The number of hydrogen-bond acceptors (Lipinski definition) is 12. The third-order valence-electron chi connectivity index (χ3n) is 12.9. The summed E-state index contributed by atoms with van der Waals surface area (Å²) in [4.78, 5) is 28.0. The summed E-state index contributed by atoms with van der Waals surface area (Å²) < 4.78 is 121. The number of halogens is 4. The fourth-order valence-corrected chi connectivity index (χ4v) is 9.57. The van der Waals surface area contributed by atoms with Gasteiger partial charge in [0.2, 0.25) is 5.91 Å². The van der Waals surface area contributed by atoms with Crippen molar-refractivity contribution in [2.45, 2.75) is 172 Å². The molecule has 0 spiro atoms. The van der Waals surface area contributed by atoms with Gasteiger partial charge in [0.05, 0.1) is 12.0 Å². The molecule has 2 aliphatic rings. The Morgan fingerprint density at radius 3 is 1.61 bits per heavy atom. The number of aliphatic hydroxyl groups is 1. The number of ether oxygens (including phenoxy) is 6. The van der Waals surface area contributed by atoms with Crippen LogP contribution in [0.5, 0.6) is 5.75 Å². The highest BCUT2D eigenvalue weighted by Crippen LogP contribution is 2.49. The predicted octanol–water partition coefficient (Wildman–Crippen LogP) is 11.0. The number of β-lactam (4-membered cyclic amide) rings is 1. The first-order chi connectivity index (χ1) is 34.0. The average molecular weight is 1020 g/mol. The fraction of sp³-hybridized carbons (Fsp3) is 0.623. The number of alkyl halides is 3. The second kappa shape index (κ2) is 27.2. The van der Waals surface area contributed by atoms with Gasteiger partial charge in [-0.3, -0.25) is 9.59 Å². The lowest BCUT2D eigenvalue weighted by Crippen LogP contribution is -2.72. The maximum atomic E-state index is 14.3. The number of carbonyl (C=O) groups excluding carboxylic acids is 2. The van der Waals surface area contributed by atoms with E-state index in [9.17, 15) is 40.7 Å². The molecule has 0 bridgehead atoms. The highest BCUT2D eigenvalue weighted by atomic mass is 32.2. The number of hydrogen-bond donors (Lipinski definition) is 1. The van der Waals surface area contributed by atoms with Crippen LogP contribution in [0.1, 0.15) is 147 Å². The molecule has 5 rings (SSSR count). The molecule has 396 valence electrons. The van der Waals surface area contributed by atoms with E-state index in [-0.39, 0.29) is 24.4 Å². The van der Waals surface area contributed by atoms with Crippen molar-refractivity contribution < 1.29 is 73.3 Å². The molecule has 1 saturated carbocycles. The van der Waals surface area contributed by atoms with Crippen LogP contribution < -0.4 is 9.08 Å². The maximum Gasteiger partial charge on any atom is 0.534 e. The third kappa shape index (κ3) is 14.5.